The first kappa shape index (κ1) is 31.0. The molecule has 1 saturated heterocycles. The van der Waals surface area contributed by atoms with E-state index in [9.17, 15) is 22.0 Å². The number of hydrogen-bond donors (Lipinski definition) is 1. The summed E-state index contributed by atoms with van der Waals surface area (Å²) in [4.78, 5) is 12.2. The lowest BCUT2D eigenvalue weighted by Gasteiger charge is -2.65. The summed E-state index contributed by atoms with van der Waals surface area (Å²) in [5.41, 5.74) is -2.44. The molecule has 0 amide bonds. The van der Waals surface area contributed by atoms with Crippen LogP contribution in [-0.2, 0) is 38.6 Å². The van der Waals surface area contributed by atoms with Crippen molar-refractivity contribution in [1.29, 1.82) is 0 Å². The Bertz CT molecular complexity index is 994. The molecule has 5 fully saturated rings. The third-order valence-corrected chi connectivity index (χ3v) is 10.4. The fourth-order valence-electron chi connectivity index (χ4n) is 6.54. The monoisotopic (exact) mass is 582 g/mol. The van der Waals surface area contributed by atoms with Crippen LogP contribution in [0, 0.1) is 23.2 Å². The van der Waals surface area contributed by atoms with Crippen LogP contribution in [0.3, 0.4) is 0 Å². The van der Waals surface area contributed by atoms with Gasteiger partial charge in [0.05, 0.1) is 43.0 Å². The lowest BCUT2D eigenvalue weighted by atomic mass is 9.51. The van der Waals surface area contributed by atoms with Gasteiger partial charge in [0.2, 0.25) is 0 Å². The fourth-order valence-corrected chi connectivity index (χ4v) is 6.79. The van der Waals surface area contributed by atoms with Crippen molar-refractivity contribution in [3.8, 4) is 0 Å². The Labute approximate surface area is 230 Å². The zero-order chi connectivity index (χ0) is 29.1. The Morgan fingerprint density at radius 2 is 1.38 bits per heavy atom. The lowest BCUT2D eigenvalue weighted by molar-refractivity contribution is -0.400. The average Bonchev–Trinajstić information content (AvgIpc) is 2.85. The van der Waals surface area contributed by atoms with Gasteiger partial charge < -0.3 is 23.7 Å². The van der Waals surface area contributed by atoms with Crippen LogP contribution in [0.15, 0.2) is 0 Å². The van der Waals surface area contributed by atoms with Crippen LogP contribution in [0.1, 0.15) is 86.5 Å². The van der Waals surface area contributed by atoms with Crippen molar-refractivity contribution in [1.82, 2.24) is 0 Å². The zero-order valence-corrected chi connectivity index (χ0v) is 24.7. The normalized spacial score (nSPS) is 32.0. The topological polar surface area (TPSA) is 118 Å². The molecule has 5 rings (SSSR count). The number of carbonyl (C=O) groups excluding carboxylic acids is 1. The third kappa shape index (κ3) is 5.88. The Hall–Kier alpha value is -0.920. The molecular weight excluding hydrogens is 538 g/mol. The smallest absolute Gasteiger partial charge is 0.454 e. The highest BCUT2D eigenvalue weighted by atomic mass is 32.2. The largest absolute Gasteiger partial charge is 0.465 e. The highest BCUT2D eigenvalue weighted by Crippen LogP contribution is 2.64. The molecule has 39 heavy (non-hydrogen) atoms. The van der Waals surface area contributed by atoms with Crippen LogP contribution in [0.4, 0.5) is 8.78 Å². The van der Waals surface area contributed by atoms with Crippen molar-refractivity contribution in [2.45, 2.75) is 114 Å². The number of rotatable bonds is 11. The van der Waals surface area contributed by atoms with Crippen molar-refractivity contribution in [3.05, 3.63) is 0 Å². The Kier molecular flexibility index (Phi) is 8.05. The minimum absolute atomic E-state index is 0.113. The molecule has 226 valence electrons. The molecule has 9 nitrogen and oxygen atoms in total. The summed E-state index contributed by atoms with van der Waals surface area (Å²) in [6, 6.07) is 0. The predicted molar refractivity (Wildman–Crippen MR) is 137 cm³/mol. The first-order chi connectivity index (χ1) is 17.8. The highest BCUT2D eigenvalue weighted by Gasteiger charge is 2.68. The summed E-state index contributed by atoms with van der Waals surface area (Å²) in [6.07, 6.45) is 3.94. The van der Waals surface area contributed by atoms with Crippen LogP contribution in [0.25, 0.3) is 0 Å². The molecule has 1 spiro atoms. The molecule has 1 N–H and O–H groups in total. The number of carbonyl (C=O) groups is 1. The first-order valence-corrected chi connectivity index (χ1v) is 15.4. The second-order valence-corrected chi connectivity index (χ2v) is 15.0. The highest BCUT2D eigenvalue weighted by molar-refractivity contribution is 7.87. The Balaban J connectivity index is 1.50. The van der Waals surface area contributed by atoms with Gasteiger partial charge in [0, 0.05) is 11.8 Å². The molecule has 2 atom stereocenters. The van der Waals surface area contributed by atoms with E-state index in [1.54, 1.807) is 0 Å². The maximum absolute atomic E-state index is 14.0. The third-order valence-electron chi connectivity index (χ3n) is 9.59. The van der Waals surface area contributed by atoms with E-state index in [0.717, 1.165) is 25.7 Å². The molecule has 12 heteroatoms. The maximum atomic E-state index is 14.0. The first-order valence-electron chi connectivity index (χ1n) is 14.0. The summed E-state index contributed by atoms with van der Waals surface area (Å²) in [5, 5.41) is -5.02. The Morgan fingerprint density at radius 1 is 0.923 bits per heavy atom. The quantitative estimate of drug-likeness (QED) is 0.273. The average molecular weight is 583 g/mol. The van der Waals surface area contributed by atoms with Crippen LogP contribution >= 0.6 is 0 Å². The van der Waals surface area contributed by atoms with Crippen molar-refractivity contribution in [2.24, 2.45) is 23.2 Å². The Morgan fingerprint density at radius 3 is 1.79 bits per heavy atom. The second-order valence-electron chi connectivity index (χ2n) is 13.5. The van der Waals surface area contributed by atoms with Crippen molar-refractivity contribution in [3.63, 3.8) is 0 Å². The summed E-state index contributed by atoms with van der Waals surface area (Å²) < 4.78 is 90.1. The fraction of sp³-hybridized carbons (Fsp3) is 0.963. The van der Waals surface area contributed by atoms with Crippen LogP contribution in [-0.4, -0.2) is 73.2 Å². The van der Waals surface area contributed by atoms with Crippen molar-refractivity contribution < 1.29 is 50.2 Å². The molecule has 5 aliphatic rings. The van der Waals surface area contributed by atoms with Gasteiger partial charge in [-0.2, -0.15) is 17.2 Å². The maximum Gasteiger partial charge on any atom is 0.465 e. The number of hydrogen-bond acceptors (Lipinski definition) is 8. The minimum Gasteiger partial charge on any atom is -0.454 e. The molecular formula is C27H44F2O9S. The number of ether oxygens (including phenoxy) is 5. The van der Waals surface area contributed by atoms with E-state index in [1.165, 1.54) is 0 Å². The molecule has 2 unspecified atom stereocenters. The van der Waals surface area contributed by atoms with Crippen LogP contribution < -0.4 is 0 Å². The summed E-state index contributed by atoms with van der Waals surface area (Å²) in [6.45, 7) is 13.7. The molecule has 0 aromatic carbocycles. The van der Waals surface area contributed by atoms with Crippen LogP contribution in [0.2, 0.25) is 0 Å². The van der Waals surface area contributed by atoms with E-state index < -0.39 is 38.1 Å². The van der Waals surface area contributed by atoms with E-state index in [-0.39, 0.29) is 41.8 Å². The predicted octanol–water partition coefficient (Wildman–Crippen LogP) is 4.73. The molecule has 4 aliphatic carbocycles. The summed E-state index contributed by atoms with van der Waals surface area (Å²) in [5.74, 6) is -3.49. The number of alkyl halides is 2. The van der Waals surface area contributed by atoms with E-state index in [4.69, 9.17) is 28.2 Å². The standard InChI is InChI=1S/C27H44F2O9S/c1-7-22(3,4)34-14-24(15-35-23(5,6)8-2)16-36-26(37-17-24)19-9-18-10-20(26)13-25(11-18,12-19)38-21(30)27(28,29)39(31,32)33/h18-20H,7-17H2,1-6H3,(H,31,32,33). The SMILES string of the molecule is CCC(C)(C)OCC1(COC(C)(C)CC)COC2(OC1)C1CC3CC2CC(OC(=O)C(F)(F)S(=O)(=O)O)(C3)C1. The molecule has 1 heterocycles. The molecule has 0 aromatic heterocycles. The van der Waals surface area contributed by atoms with E-state index in [2.05, 4.69) is 13.8 Å². The molecule has 1 aliphatic heterocycles. The number of esters is 1. The zero-order valence-electron chi connectivity index (χ0n) is 23.9. The van der Waals surface area contributed by atoms with Gasteiger partial charge in [0.15, 0.2) is 5.79 Å². The molecule has 0 aromatic rings. The second kappa shape index (κ2) is 10.1. The van der Waals surface area contributed by atoms with Gasteiger partial charge in [-0.25, -0.2) is 4.79 Å². The van der Waals surface area contributed by atoms with Gasteiger partial charge in [-0.15, -0.1) is 0 Å². The van der Waals surface area contributed by atoms with Crippen molar-refractivity contribution in [2.75, 3.05) is 26.4 Å². The number of halogens is 2. The van der Waals surface area contributed by atoms with E-state index >= 15 is 0 Å². The van der Waals surface area contributed by atoms with Gasteiger partial charge in [0.1, 0.15) is 5.60 Å². The van der Waals surface area contributed by atoms with Gasteiger partial charge in [-0.3, -0.25) is 4.55 Å². The lowest BCUT2D eigenvalue weighted by Crippen LogP contribution is -2.70. The van der Waals surface area contributed by atoms with E-state index in [1.807, 2.05) is 27.7 Å². The molecule has 0 radical (unpaired) electrons. The molecule has 4 bridgehead atoms. The van der Waals surface area contributed by atoms with Gasteiger partial charge >= 0.3 is 21.3 Å². The van der Waals surface area contributed by atoms with Gasteiger partial charge in [-0.05, 0) is 78.6 Å². The van der Waals surface area contributed by atoms with Crippen molar-refractivity contribution >= 4 is 16.1 Å². The van der Waals surface area contributed by atoms with Gasteiger partial charge in [-0.1, -0.05) is 13.8 Å². The summed E-state index contributed by atoms with van der Waals surface area (Å²) >= 11 is 0. The minimum atomic E-state index is -5.94. The van der Waals surface area contributed by atoms with Gasteiger partial charge in [0.25, 0.3) is 0 Å². The summed E-state index contributed by atoms with van der Waals surface area (Å²) in [7, 11) is -5.94. The molecule has 4 saturated carbocycles. The van der Waals surface area contributed by atoms with Crippen LogP contribution in [0.5, 0.6) is 0 Å². The van der Waals surface area contributed by atoms with E-state index in [0.29, 0.717) is 32.8 Å².